The van der Waals surface area contributed by atoms with Crippen LogP contribution in [0.3, 0.4) is 0 Å². The summed E-state index contributed by atoms with van der Waals surface area (Å²) in [7, 11) is 0. The van der Waals surface area contributed by atoms with Crippen molar-refractivity contribution < 1.29 is 14.3 Å². The van der Waals surface area contributed by atoms with Crippen LogP contribution in [0.5, 0.6) is 5.75 Å². The average molecular weight is 308 g/mol. The molecule has 0 aromatic heterocycles. The minimum atomic E-state index is -0.455. The smallest absolute Gasteiger partial charge is 0.309 e. The van der Waals surface area contributed by atoms with Crippen LogP contribution in [-0.2, 0) is 9.53 Å². The third-order valence-corrected chi connectivity index (χ3v) is 3.51. The number of nitrogens with zero attached hydrogens (tertiary/aromatic N) is 1. The molecular formula is C16H18ClNO3. The van der Waals surface area contributed by atoms with Crippen LogP contribution in [0.1, 0.15) is 39.2 Å². The maximum Gasteiger partial charge on any atom is 0.309 e. The highest BCUT2D eigenvalue weighted by molar-refractivity contribution is 6.31. The summed E-state index contributed by atoms with van der Waals surface area (Å²) < 4.78 is 11.1. The molecule has 0 aliphatic heterocycles. The number of halogens is 1. The van der Waals surface area contributed by atoms with E-state index in [4.69, 9.17) is 26.3 Å². The number of hydrogen-bond donors (Lipinski definition) is 0. The van der Waals surface area contributed by atoms with Crippen molar-refractivity contribution in [3.8, 4) is 11.8 Å². The number of benzene rings is 1. The number of hydrogen-bond acceptors (Lipinski definition) is 4. The number of carbonyl (C=O) groups excluding carboxylic acids is 1. The summed E-state index contributed by atoms with van der Waals surface area (Å²) in [6.07, 6.45) is 1.28. The van der Waals surface area contributed by atoms with E-state index in [1.54, 1.807) is 18.2 Å². The van der Waals surface area contributed by atoms with E-state index in [0.29, 0.717) is 29.2 Å². The quantitative estimate of drug-likeness (QED) is 0.799. The molecule has 1 fully saturated rings. The van der Waals surface area contributed by atoms with Crippen molar-refractivity contribution in [3.05, 3.63) is 28.8 Å². The van der Waals surface area contributed by atoms with Crippen LogP contribution in [0.4, 0.5) is 0 Å². The van der Waals surface area contributed by atoms with E-state index < -0.39 is 5.60 Å². The Morgan fingerprint density at radius 2 is 2.05 bits per heavy atom. The van der Waals surface area contributed by atoms with Gasteiger partial charge in [0, 0.05) is 6.07 Å². The Labute approximate surface area is 129 Å². The zero-order chi connectivity index (χ0) is 15.6. The fraction of sp³-hybridized carbons (Fsp3) is 0.500. The fourth-order valence-corrected chi connectivity index (χ4v) is 2.30. The molecule has 0 bridgehead atoms. The normalized spacial score (nSPS) is 21.1. The van der Waals surface area contributed by atoms with Gasteiger partial charge in [-0.3, -0.25) is 4.79 Å². The van der Waals surface area contributed by atoms with Crippen LogP contribution in [0.15, 0.2) is 18.2 Å². The summed E-state index contributed by atoms with van der Waals surface area (Å²) in [5.74, 6) is 0.356. The van der Waals surface area contributed by atoms with Crippen molar-refractivity contribution in [2.45, 2.75) is 45.3 Å². The molecule has 21 heavy (non-hydrogen) atoms. The molecule has 4 nitrogen and oxygen atoms in total. The summed E-state index contributed by atoms with van der Waals surface area (Å²) in [5.41, 5.74) is -0.0341. The van der Waals surface area contributed by atoms with Crippen molar-refractivity contribution in [2.75, 3.05) is 0 Å². The molecule has 0 N–H and O–H groups in total. The molecule has 0 amide bonds. The molecule has 1 aliphatic carbocycles. The minimum absolute atomic E-state index is 0.00785. The Morgan fingerprint density at radius 1 is 1.38 bits per heavy atom. The Morgan fingerprint density at radius 3 is 2.57 bits per heavy atom. The Kier molecular flexibility index (Phi) is 4.43. The lowest BCUT2D eigenvalue weighted by Crippen LogP contribution is -2.41. The van der Waals surface area contributed by atoms with Crippen molar-refractivity contribution >= 4 is 17.6 Å². The molecule has 1 aromatic rings. The first-order valence-electron chi connectivity index (χ1n) is 6.87. The summed E-state index contributed by atoms with van der Waals surface area (Å²) in [5, 5.41) is 9.18. The van der Waals surface area contributed by atoms with Crippen LogP contribution < -0.4 is 4.74 Å². The van der Waals surface area contributed by atoms with E-state index >= 15 is 0 Å². The number of carbonyl (C=O) groups is 1. The SMILES string of the molecule is CC(C)(C)OC(=O)C1CC(Oc2ccc(C#N)c(Cl)c2)C1. The number of rotatable bonds is 3. The predicted molar refractivity (Wildman–Crippen MR) is 79.2 cm³/mol. The lowest BCUT2D eigenvalue weighted by Gasteiger charge is -2.35. The molecule has 112 valence electrons. The molecule has 0 unspecified atom stereocenters. The van der Waals surface area contributed by atoms with Gasteiger partial charge in [-0.25, -0.2) is 0 Å². The van der Waals surface area contributed by atoms with Crippen molar-refractivity contribution in [2.24, 2.45) is 5.92 Å². The van der Waals surface area contributed by atoms with Gasteiger partial charge in [0.05, 0.1) is 16.5 Å². The second kappa shape index (κ2) is 5.95. The number of ether oxygens (including phenoxy) is 2. The maximum absolute atomic E-state index is 11.8. The van der Waals surface area contributed by atoms with E-state index in [2.05, 4.69) is 0 Å². The molecule has 1 saturated carbocycles. The van der Waals surface area contributed by atoms with Crippen LogP contribution in [0.2, 0.25) is 5.02 Å². The standard InChI is InChI=1S/C16H18ClNO3/c1-16(2,3)21-15(19)11-6-13(7-11)20-12-5-4-10(9-18)14(17)8-12/h4-5,8,11,13H,6-7H2,1-3H3. The number of esters is 1. The van der Waals surface area contributed by atoms with Gasteiger partial charge >= 0.3 is 5.97 Å². The van der Waals surface area contributed by atoms with Gasteiger partial charge < -0.3 is 9.47 Å². The first kappa shape index (κ1) is 15.7. The van der Waals surface area contributed by atoms with E-state index in [1.165, 1.54) is 0 Å². The van der Waals surface area contributed by atoms with Crippen LogP contribution in [0, 0.1) is 17.2 Å². The zero-order valence-corrected chi connectivity index (χ0v) is 13.1. The van der Waals surface area contributed by atoms with Gasteiger partial charge in [0.1, 0.15) is 23.5 Å². The molecule has 0 atom stereocenters. The van der Waals surface area contributed by atoms with Crippen LogP contribution >= 0.6 is 11.6 Å². The third kappa shape index (κ3) is 4.12. The summed E-state index contributed by atoms with van der Waals surface area (Å²) in [4.78, 5) is 11.8. The van der Waals surface area contributed by atoms with E-state index in [-0.39, 0.29) is 18.0 Å². The average Bonchev–Trinajstić information content (AvgIpc) is 2.31. The minimum Gasteiger partial charge on any atom is -0.490 e. The topological polar surface area (TPSA) is 59.3 Å². The molecule has 0 radical (unpaired) electrons. The summed E-state index contributed by atoms with van der Waals surface area (Å²) >= 11 is 5.95. The molecule has 0 saturated heterocycles. The van der Waals surface area contributed by atoms with Crippen molar-refractivity contribution in [1.29, 1.82) is 5.26 Å². The second-order valence-corrected chi connectivity index (χ2v) is 6.60. The first-order chi connectivity index (χ1) is 9.78. The second-order valence-electron chi connectivity index (χ2n) is 6.20. The van der Waals surface area contributed by atoms with E-state index in [9.17, 15) is 4.79 Å². The van der Waals surface area contributed by atoms with Gasteiger partial charge in [-0.1, -0.05) is 11.6 Å². The molecule has 5 heteroatoms. The highest BCUT2D eigenvalue weighted by Gasteiger charge is 2.38. The Bertz CT molecular complexity index is 580. The Balaban J connectivity index is 1.85. The van der Waals surface area contributed by atoms with Crippen LogP contribution in [-0.4, -0.2) is 17.7 Å². The van der Waals surface area contributed by atoms with E-state index in [1.807, 2.05) is 26.8 Å². The lowest BCUT2D eigenvalue weighted by molar-refractivity contribution is -0.166. The fourth-order valence-electron chi connectivity index (χ4n) is 2.09. The van der Waals surface area contributed by atoms with Crippen LogP contribution in [0.25, 0.3) is 0 Å². The third-order valence-electron chi connectivity index (χ3n) is 3.20. The van der Waals surface area contributed by atoms with E-state index in [0.717, 1.165) is 0 Å². The van der Waals surface area contributed by atoms with Gasteiger partial charge in [0.15, 0.2) is 0 Å². The zero-order valence-electron chi connectivity index (χ0n) is 12.4. The van der Waals surface area contributed by atoms with Gasteiger partial charge in [-0.05, 0) is 45.7 Å². The first-order valence-corrected chi connectivity index (χ1v) is 7.25. The molecular weight excluding hydrogens is 290 g/mol. The summed E-state index contributed by atoms with van der Waals surface area (Å²) in [6, 6.07) is 6.96. The highest BCUT2D eigenvalue weighted by Crippen LogP contribution is 2.34. The number of nitriles is 1. The lowest BCUT2D eigenvalue weighted by atomic mass is 9.82. The molecule has 0 heterocycles. The molecule has 1 aliphatic rings. The largest absolute Gasteiger partial charge is 0.490 e. The molecule has 1 aromatic carbocycles. The van der Waals surface area contributed by atoms with Gasteiger partial charge in [-0.2, -0.15) is 5.26 Å². The van der Waals surface area contributed by atoms with Crippen molar-refractivity contribution in [1.82, 2.24) is 0 Å². The highest BCUT2D eigenvalue weighted by atomic mass is 35.5. The van der Waals surface area contributed by atoms with Crippen molar-refractivity contribution in [3.63, 3.8) is 0 Å². The molecule has 2 rings (SSSR count). The summed E-state index contributed by atoms with van der Waals surface area (Å²) in [6.45, 7) is 5.57. The van der Waals surface area contributed by atoms with Gasteiger partial charge in [0.2, 0.25) is 0 Å². The predicted octanol–water partition coefficient (Wildman–Crippen LogP) is 3.71. The maximum atomic E-state index is 11.8. The Hall–Kier alpha value is -1.73. The monoisotopic (exact) mass is 307 g/mol. The van der Waals surface area contributed by atoms with Gasteiger partial charge in [-0.15, -0.1) is 0 Å². The van der Waals surface area contributed by atoms with Gasteiger partial charge in [0.25, 0.3) is 0 Å². The molecule has 0 spiro atoms.